The van der Waals surface area contributed by atoms with Gasteiger partial charge >= 0.3 is 0 Å². The topological polar surface area (TPSA) is 51.2 Å². The zero-order valence-corrected chi connectivity index (χ0v) is 19.0. The standard InChI is InChI=1S/C23H25F5N2O4/c1-4-32-14-11-13(12-15(33-5-2)22(14)34-6-3)23(31)30-9-7-29(8-10-30)21-19(27)17(25)16(24)18(26)20(21)28/h11-12H,4-10H2,1-3H3. The maximum absolute atomic E-state index is 14.2. The van der Waals surface area contributed by atoms with Crippen molar-refractivity contribution < 1.29 is 41.0 Å². The second kappa shape index (κ2) is 10.8. The minimum Gasteiger partial charge on any atom is -0.490 e. The normalized spacial score (nSPS) is 13.8. The number of rotatable bonds is 8. The predicted molar refractivity (Wildman–Crippen MR) is 114 cm³/mol. The summed E-state index contributed by atoms with van der Waals surface area (Å²) < 4.78 is 85.7. The van der Waals surface area contributed by atoms with Gasteiger partial charge in [0, 0.05) is 31.7 Å². The van der Waals surface area contributed by atoms with Crippen molar-refractivity contribution in [2.24, 2.45) is 0 Å². The van der Waals surface area contributed by atoms with E-state index in [-0.39, 0.29) is 31.7 Å². The predicted octanol–water partition coefficient (Wildman–Crippen LogP) is 4.54. The van der Waals surface area contributed by atoms with Crippen LogP contribution in [-0.2, 0) is 0 Å². The Morgan fingerprint density at radius 2 is 1.18 bits per heavy atom. The summed E-state index contributed by atoms with van der Waals surface area (Å²) in [5.74, 6) is -9.38. The minimum absolute atomic E-state index is 0.000520. The zero-order chi connectivity index (χ0) is 25.0. The van der Waals surface area contributed by atoms with Crippen LogP contribution in [0.25, 0.3) is 0 Å². The second-order valence-electron chi connectivity index (χ2n) is 7.30. The molecule has 0 atom stereocenters. The number of benzene rings is 2. The minimum atomic E-state index is -2.21. The molecule has 1 fully saturated rings. The van der Waals surface area contributed by atoms with E-state index in [2.05, 4.69) is 0 Å². The molecule has 0 saturated carbocycles. The van der Waals surface area contributed by atoms with E-state index < -0.39 is 40.7 Å². The third kappa shape index (κ3) is 4.83. The van der Waals surface area contributed by atoms with E-state index in [1.165, 1.54) is 17.0 Å². The Morgan fingerprint density at radius 1 is 0.735 bits per heavy atom. The monoisotopic (exact) mass is 488 g/mol. The van der Waals surface area contributed by atoms with E-state index in [1.54, 1.807) is 20.8 Å². The van der Waals surface area contributed by atoms with Gasteiger partial charge in [-0.1, -0.05) is 0 Å². The van der Waals surface area contributed by atoms with Crippen molar-refractivity contribution in [3.05, 3.63) is 46.8 Å². The Balaban J connectivity index is 1.83. The molecule has 1 amide bonds. The van der Waals surface area contributed by atoms with Crippen LogP contribution in [0.1, 0.15) is 31.1 Å². The molecule has 6 nitrogen and oxygen atoms in total. The van der Waals surface area contributed by atoms with E-state index in [0.717, 1.165) is 4.90 Å². The van der Waals surface area contributed by atoms with Gasteiger partial charge < -0.3 is 24.0 Å². The van der Waals surface area contributed by atoms with E-state index in [1.807, 2.05) is 0 Å². The van der Waals surface area contributed by atoms with Crippen LogP contribution in [0.15, 0.2) is 12.1 Å². The van der Waals surface area contributed by atoms with Gasteiger partial charge in [-0.2, -0.15) is 0 Å². The Bertz CT molecular complexity index is 1000. The summed E-state index contributed by atoms with van der Waals surface area (Å²) in [6, 6.07) is 3.05. The van der Waals surface area contributed by atoms with E-state index in [4.69, 9.17) is 14.2 Å². The van der Waals surface area contributed by atoms with Gasteiger partial charge in [0.1, 0.15) is 5.69 Å². The van der Waals surface area contributed by atoms with Crippen LogP contribution in [0.2, 0.25) is 0 Å². The lowest BCUT2D eigenvalue weighted by molar-refractivity contribution is 0.0745. The highest BCUT2D eigenvalue weighted by atomic mass is 19.2. The van der Waals surface area contributed by atoms with Crippen molar-refractivity contribution in [3.63, 3.8) is 0 Å². The van der Waals surface area contributed by atoms with E-state index in [0.29, 0.717) is 37.1 Å². The molecule has 1 saturated heterocycles. The molecule has 0 aromatic heterocycles. The summed E-state index contributed by atoms with van der Waals surface area (Å²) in [6.45, 7) is 6.11. The van der Waals surface area contributed by atoms with Crippen LogP contribution >= 0.6 is 0 Å². The van der Waals surface area contributed by atoms with Crippen molar-refractivity contribution >= 4 is 11.6 Å². The summed E-state index contributed by atoms with van der Waals surface area (Å²) >= 11 is 0. The third-order valence-corrected chi connectivity index (χ3v) is 5.23. The molecule has 2 aromatic carbocycles. The fourth-order valence-corrected chi connectivity index (χ4v) is 3.70. The molecule has 1 aliphatic rings. The van der Waals surface area contributed by atoms with Crippen LogP contribution in [0.3, 0.4) is 0 Å². The number of ether oxygens (including phenoxy) is 3. The fraction of sp³-hybridized carbons (Fsp3) is 0.435. The van der Waals surface area contributed by atoms with Crippen LogP contribution in [-0.4, -0.2) is 56.8 Å². The number of amides is 1. The first kappa shape index (κ1) is 25.4. The molecule has 0 unspecified atom stereocenters. The molecule has 11 heteroatoms. The Morgan fingerprint density at radius 3 is 1.62 bits per heavy atom. The second-order valence-corrected chi connectivity index (χ2v) is 7.30. The third-order valence-electron chi connectivity index (χ3n) is 5.23. The van der Waals surface area contributed by atoms with Crippen LogP contribution in [0.4, 0.5) is 27.6 Å². The highest BCUT2D eigenvalue weighted by molar-refractivity contribution is 5.96. The molecule has 0 radical (unpaired) electrons. The molecule has 0 spiro atoms. The first-order chi connectivity index (χ1) is 16.2. The van der Waals surface area contributed by atoms with Crippen molar-refractivity contribution in [2.75, 3.05) is 50.9 Å². The van der Waals surface area contributed by atoms with Crippen molar-refractivity contribution in [1.82, 2.24) is 4.90 Å². The summed E-state index contributed by atoms with van der Waals surface area (Å²) in [7, 11) is 0. The number of nitrogens with zero attached hydrogens (tertiary/aromatic N) is 2. The molecule has 0 N–H and O–H groups in total. The number of carbonyl (C=O) groups is 1. The lowest BCUT2D eigenvalue weighted by atomic mass is 10.1. The molecular formula is C23H25F5N2O4. The maximum atomic E-state index is 14.2. The van der Waals surface area contributed by atoms with Crippen LogP contribution in [0, 0.1) is 29.1 Å². The molecule has 3 rings (SSSR count). The number of piperazine rings is 1. The van der Waals surface area contributed by atoms with Gasteiger partial charge in [0.25, 0.3) is 5.91 Å². The Kier molecular flexibility index (Phi) is 8.06. The first-order valence-electron chi connectivity index (χ1n) is 10.9. The maximum Gasteiger partial charge on any atom is 0.254 e. The van der Waals surface area contributed by atoms with Gasteiger partial charge in [-0.15, -0.1) is 0 Å². The number of halogens is 5. The van der Waals surface area contributed by atoms with E-state index >= 15 is 0 Å². The Hall–Kier alpha value is -3.24. The molecule has 186 valence electrons. The van der Waals surface area contributed by atoms with Crippen molar-refractivity contribution in [2.45, 2.75) is 20.8 Å². The average Bonchev–Trinajstić information content (AvgIpc) is 2.83. The van der Waals surface area contributed by atoms with Gasteiger partial charge in [0.05, 0.1) is 19.8 Å². The van der Waals surface area contributed by atoms with E-state index in [9.17, 15) is 26.7 Å². The highest BCUT2D eigenvalue weighted by Crippen LogP contribution is 2.39. The molecule has 34 heavy (non-hydrogen) atoms. The molecule has 0 aliphatic carbocycles. The van der Waals surface area contributed by atoms with Gasteiger partial charge in [0.2, 0.25) is 11.6 Å². The van der Waals surface area contributed by atoms with Gasteiger partial charge in [-0.3, -0.25) is 4.79 Å². The summed E-state index contributed by atoms with van der Waals surface area (Å²) in [4.78, 5) is 15.6. The highest BCUT2D eigenvalue weighted by Gasteiger charge is 2.32. The summed E-state index contributed by atoms with van der Waals surface area (Å²) in [6.07, 6.45) is 0. The number of hydrogen-bond donors (Lipinski definition) is 0. The van der Waals surface area contributed by atoms with Crippen molar-refractivity contribution in [3.8, 4) is 17.2 Å². The quantitative estimate of drug-likeness (QED) is 0.310. The molecule has 2 aromatic rings. The molecule has 0 bridgehead atoms. The van der Waals surface area contributed by atoms with Crippen LogP contribution < -0.4 is 19.1 Å². The Labute approximate surface area is 193 Å². The SMILES string of the molecule is CCOc1cc(C(=O)N2CCN(c3c(F)c(F)c(F)c(F)c3F)CC2)cc(OCC)c1OCC. The van der Waals surface area contributed by atoms with Gasteiger partial charge in [-0.05, 0) is 32.9 Å². The molecule has 1 aliphatic heterocycles. The van der Waals surface area contributed by atoms with Crippen LogP contribution in [0.5, 0.6) is 17.2 Å². The number of carbonyl (C=O) groups excluding carboxylic acids is 1. The van der Waals surface area contributed by atoms with Gasteiger partial charge in [-0.25, -0.2) is 22.0 Å². The fourth-order valence-electron chi connectivity index (χ4n) is 3.70. The van der Waals surface area contributed by atoms with Gasteiger partial charge in [0.15, 0.2) is 34.8 Å². The molecule has 1 heterocycles. The average molecular weight is 488 g/mol. The first-order valence-corrected chi connectivity index (χ1v) is 10.9. The largest absolute Gasteiger partial charge is 0.490 e. The lowest BCUT2D eigenvalue weighted by Gasteiger charge is -2.36. The summed E-state index contributed by atoms with van der Waals surface area (Å²) in [5.41, 5.74) is -0.748. The lowest BCUT2D eigenvalue weighted by Crippen LogP contribution is -2.49. The summed E-state index contributed by atoms with van der Waals surface area (Å²) in [5, 5.41) is 0. The smallest absolute Gasteiger partial charge is 0.254 e. The molecular weight excluding hydrogens is 463 g/mol. The van der Waals surface area contributed by atoms with Crippen molar-refractivity contribution in [1.29, 1.82) is 0 Å². The number of hydrogen-bond acceptors (Lipinski definition) is 5. The zero-order valence-electron chi connectivity index (χ0n) is 19.0. The number of anilines is 1.